The van der Waals surface area contributed by atoms with E-state index >= 15 is 0 Å². The van der Waals surface area contributed by atoms with Crippen LogP contribution in [0.15, 0.2) is 18.2 Å². The van der Waals surface area contributed by atoms with E-state index in [2.05, 4.69) is 6.92 Å². The molecule has 1 aromatic carbocycles. The van der Waals surface area contributed by atoms with Crippen molar-refractivity contribution in [1.29, 1.82) is 0 Å². The molecule has 1 saturated heterocycles. The summed E-state index contributed by atoms with van der Waals surface area (Å²) >= 11 is 0. The van der Waals surface area contributed by atoms with Gasteiger partial charge in [0, 0.05) is 13.1 Å². The second kappa shape index (κ2) is 10.5. The number of amides is 1. The third kappa shape index (κ3) is 7.14. The molecule has 0 atom stereocenters. The SMILES string of the molecule is CCCCCCN(Cc1cc(OC)cc(B2OC(C)(C)C(C)(C)O2)c1)C(=O)OC(C)(C)C. The lowest BCUT2D eigenvalue weighted by atomic mass is 9.78. The molecule has 1 heterocycles. The largest absolute Gasteiger partial charge is 0.497 e. The molecule has 0 N–H and O–H groups in total. The van der Waals surface area contributed by atoms with Gasteiger partial charge < -0.3 is 23.7 Å². The minimum atomic E-state index is -0.541. The van der Waals surface area contributed by atoms with Gasteiger partial charge in [0.25, 0.3) is 0 Å². The minimum absolute atomic E-state index is 0.297. The second-order valence-corrected chi connectivity index (χ2v) is 10.7. The molecule has 6 nitrogen and oxygen atoms in total. The predicted octanol–water partition coefficient (Wildman–Crippen LogP) is 5.31. The van der Waals surface area contributed by atoms with E-state index in [-0.39, 0.29) is 6.09 Å². The number of hydrogen-bond acceptors (Lipinski definition) is 5. The summed E-state index contributed by atoms with van der Waals surface area (Å²) in [6.45, 7) is 17.1. The molecule has 7 heteroatoms. The Kier molecular flexibility index (Phi) is 8.68. The highest BCUT2D eigenvalue weighted by Crippen LogP contribution is 2.36. The lowest BCUT2D eigenvalue weighted by Crippen LogP contribution is -2.41. The monoisotopic (exact) mass is 447 g/mol. The first-order valence-corrected chi connectivity index (χ1v) is 11.8. The van der Waals surface area contributed by atoms with Crippen LogP contribution in [0.5, 0.6) is 5.75 Å². The van der Waals surface area contributed by atoms with E-state index in [0.29, 0.717) is 18.8 Å². The Morgan fingerprint density at radius 3 is 2.19 bits per heavy atom. The fourth-order valence-electron chi connectivity index (χ4n) is 3.52. The van der Waals surface area contributed by atoms with E-state index in [1.54, 1.807) is 12.0 Å². The highest BCUT2D eigenvalue weighted by Gasteiger charge is 2.51. The Morgan fingerprint density at radius 2 is 1.66 bits per heavy atom. The molecule has 0 unspecified atom stereocenters. The third-order valence-corrected chi connectivity index (χ3v) is 6.06. The number of benzene rings is 1. The van der Waals surface area contributed by atoms with Gasteiger partial charge in [-0.1, -0.05) is 32.3 Å². The smallest absolute Gasteiger partial charge is 0.494 e. The van der Waals surface area contributed by atoms with Gasteiger partial charge in [-0.2, -0.15) is 0 Å². The Balaban J connectivity index is 2.26. The Bertz CT molecular complexity index is 756. The van der Waals surface area contributed by atoms with Crippen molar-refractivity contribution < 1.29 is 23.6 Å². The summed E-state index contributed by atoms with van der Waals surface area (Å²) in [7, 11) is 1.15. The summed E-state index contributed by atoms with van der Waals surface area (Å²) in [5.74, 6) is 0.710. The second-order valence-electron chi connectivity index (χ2n) is 10.7. The van der Waals surface area contributed by atoms with E-state index in [1.165, 1.54) is 0 Å². The molecule has 1 fully saturated rings. The fourth-order valence-corrected chi connectivity index (χ4v) is 3.52. The summed E-state index contributed by atoms with van der Waals surface area (Å²) in [6, 6.07) is 5.93. The third-order valence-electron chi connectivity index (χ3n) is 6.06. The first-order valence-electron chi connectivity index (χ1n) is 11.8. The molecule has 0 radical (unpaired) electrons. The lowest BCUT2D eigenvalue weighted by Gasteiger charge is -2.32. The maximum absolute atomic E-state index is 12.9. The van der Waals surface area contributed by atoms with Gasteiger partial charge in [-0.05, 0) is 78.0 Å². The molecule has 0 saturated carbocycles. The van der Waals surface area contributed by atoms with Crippen molar-refractivity contribution in [3.63, 3.8) is 0 Å². The van der Waals surface area contributed by atoms with Crippen LogP contribution < -0.4 is 10.2 Å². The number of nitrogens with zero attached hydrogens (tertiary/aromatic N) is 1. The van der Waals surface area contributed by atoms with Gasteiger partial charge in [0.05, 0.1) is 18.3 Å². The van der Waals surface area contributed by atoms with Crippen molar-refractivity contribution in [1.82, 2.24) is 4.90 Å². The topological polar surface area (TPSA) is 57.2 Å². The van der Waals surface area contributed by atoms with Crippen molar-refractivity contribution in [3.05, 3.63) is 23.8 Å². The van der Waals surface area contributed by atoms with Gasteiger partial charge in [0.2, 0.25) is 0 Å². The highest BCUT2D eigenvalue weighted by molar-refractivity contribution is 6.62. The average Bonchev–Trinajstić information content (AvgIpc) is 2.90. The van der Waals surface area contributed by atoms with Gasteiger partial charge in [-0.15, -0.1) is 0 Å². The average molecular weight is 447 g/mol. The summed E-state index contributed by atoms with van der Waals surface area (Å²) < 4.78 is 23.7. The van der Waals surface area contributed by atoms with E-state index < -0.39 is 23.9 Å². The zero-order valence-corrected chi connectivity index (χ0v) is 21.5. The predicted molar refractivity (Wildman–Crippen MR) is 129 cm³/mol. The number of unbranched alkanes of at least 4 members (excludes halogenated alkanes) is 3. The van der Waals surface area contributed by atoms with Crippen molar-refractivity contribution in [2.75, 3.05) is 13.7 Å². The van der Waals surface area contributed by atoms with Crippen LogP contribution in [0.25, 0.3) is 0 Å². The van der Waals surface area contributed by atoms with Gasteiger partial charge in [-0.25, -0.2) is 4.79 Å². The van der Waals surface area contributed by atoms with Crippen LogP contribution >= 0.6 is 0 Å². The molecule has 0 bridgehead atoms. The maximum Gasteiger partial charge on any atom is 0.494 e. The number of hydrogen-bond donors (Lipinski definition) is 0. The van der Waals surface area contributed by atoms with Crippen LogP contribution in [0.4, 0.5) is 4.79 Å². The van der Waals surface area contributed by atoms with Crippen LogP contribution in [-0.4, -0.2) is 48.6 Å². The fraction of sp³-hybridized carbons (Fsp3) is 0.720. The van der Waals surface area contributed by atoms with Crippen LogP contribution in [0.2, 0.25) is 0 Å². The zero-order chi connectivity index (χ0) is 24.2. The maximum atomic E-state index is 12.9. The quantitative estimate of drug-likeness (QED) is 0.379. The molecule has 0 aromatic heterocycles. The van der Waals surface area contributed by atoms with Gasteiger partial charge >= 0.3 is 13.2 Å². The zero-order valence-electron chi connectivity index (χ0n) is 21.5. The van der Waals surface area contributed by atoms with Crippen LogP contribution in [0.3, 0.4) is 0 Å². The van der Waals surface area contributed by atoms with E-state index in [0.717, 1.165) is 36.7 Å². The van der Waals surface area contributed by atoms with E-state index in [1.807, 2.05) is 66.7 Å². The highest BCUT2D eigenvalue weighted by atomic mass is 16.7. The molecule has 1 aromatic rings. The molecule has 180 valence electrons. The molecule has 1 aliphatic heterocycles. The molecular formula is C25H42BNO5. The Morgan fingerprint density at radius 1 is 1.03 bits per heavy atom. The van der Waals surface area contributed by atoms with Gasteiger partial charge in [-0.3, -0.25) is 0 Å². The van der Waals surface area contributed by atoms with Crippen LogP contribution in [-0.2, 0) is 20.6 Å². The Labute approximate surface area is 195 Å². The molecule has 1 amide bonds. The summed E-state index contributed by atoms with van der Waals surface area (Å²) in [5.41, 5.74) is 0.440. The molecule has 0 aliphatic carbocycles. The lowest BCUT2D eigenvalue weighted by molar-refractivity contribution is 0.00578. The van der Waals surface area contributed by atoms with Crippen molar-refractivity contribution >= 4 is 18.7 Å². The summed E-state index contributed by atoms with van der Waals surface area (Å²) in [5, 5.41) is 0. The van der Waals surface area contributed by atoms with E-state index in [9.17, 15) is 4.79 Å². The van der Waals surface area contributed by atoms with Crippen LogP contribution in [0, 0.1) is 0 Å². The molecule has 1 aliphatic rings. The number of carbonyl (C=O) groups is 1. The van der Waals surface area contributed by atoms with Crippen molar-refractivity contribution in [2.45, 2.75) is 104 Å². The summed E-state index contributed by atoms with van der Waals surface area (Å²) in [4.78, 5) is 14.7. The van der Waals surface area contributed by atoms with Crippen molar-refractivity contribution in [3.8, 4) is 5.75 Å². The van der Waals surface area contributed by atoms with E-state index in [4.69, 9.17) is 18.8 Å². The van der Waals surface area contributed by atoms with Crippen LogP contribution in [0.1, 0.15) is 86.6 Å². The number of methoxy groups -OCH3 is 1. The van der Waals surface area contributed by atoms with Crippen molar-refractivity contribution in [2.24, 2.45) is 0 Å². The Hall–Kier alpha value is -1.73. The molecule has 32 heavy (non-hydrogen) atoms. The number of ether oxygens (including phenoxy) is 2. The minimum Gasteiger partial charge on any atom is -0.497 e. The number of carbonyl (C=O) groups excluding carboxylic acids is 1. The molecular weight excluding hydrogens is 405 g/mol. The molecule has 0 spiro atoms. The normalized spacial score (nSPS) is 17.3. The van der Waals surface area contributed by atoms with Gasteiger partial charge in [0.1, 0.15) is 11.4 Å². The number of rotatable bonds is 9. The first kappa shape index (κ1) is 26.5. The standard InChI is InChI=1S/C25H42BNO5/c1-10-11-12-13-14-27(22(28)30-23(2,3)4)18-19-15-20(17-21(16-19)29-9)26-31-24(5,6)25(7,8)32-26/h15-17H,10-14,18H2,1-9H3. The first-order chi connectivity index (χ1) is 14.8. The molecule has 2 rings (SSSR count). The van der Waals surface area contributed by atoms with Gasteiger partial charge in [0.15, 0.2) is 0 Å². The summed E-state index contributed by atoms with van der Waals surface area (Å²) in [6.07, 6.45) is 4.05.